The van der Waals surface area contributed by atoms with Crippen molar-refractivity contribution in [1.29, 1.82) is 0 Å². The zero-order valence-electron chi connectivity index (χ0n) is 28.6. The lowest BCUT2D eigenvalue weighted by atomic mass is 9.82. The van der Waals surface area contributed by atoms with Crippen LogP contribution in [-0.2, 0) is 5.41 Å². The molecule has 0 aliphatic heterocycles. The highest BCUT2D eigenvalue weighted by Gasteiger charge is 2.38. The lowest BCUT2D eigenvalue weighted by Gasteiger charge is -2.29. The van der Waals surface area contributed by atoms with Gasteiger partial charge in [0.2, 0.25) is 0 Å². The standard InChI is InChI=1S/C49H35NS/c1-49(2)42-21-9-8-17-41(42)46-43(49)22-12-23-44(46)50(37-29-27-33(28-30-37)36-26-25-32-13-6-7-16-35(32)31-36)45-24-11-20-40-39-19-10-18-38(47(39)51-48(40)45)34-14-4-3-5-15-34/h3-31H,1-2H3. The highest BCUT2D eigenvalue weighted by atomic mass is 32.1. The van der Waals surface area contributed by atoms with Crippen LogP contribution in [-0.4, -0.2) is 0 Å². The molecule has 1 aliphatic rings. The molecule has 1 heterocycles. The van der Waals surface area contributed by atoms with Gasteiger partial charge in [0.25, 0.3) is 0 Å². The molecule has 2 heteroatoms. The molecule has 0 amide bonds. The Morgan fingerprint density at radius 2 is 1.06 bits per heavy atom. The van der Waals surface area contributed by atoms with E-state index in [1.54, 1.807) is 0 Å². The van der Waals surface area contributed by atoms with E-state index in [-0.39, 0.29) is 5.41 Å². The summed E-state index contributed by atoms with van der Waals surface area (Å²) in [5.74, 6) is 0. The Kier molecular flexibility index (Phi) is 6.78. The minimum absolute atomic E-state index is 0.0955. The van der Waals surface area contributed by atoms with Crippen molar-refractivity contribution < 1.29 is 0 Å². The monoisotopic (exact) mass is 669 g/mol. The van der Waals surface area contributed by atoms with Gasteiger partial charge in [-0.25, -0.2) is 0 Å². The Morgan fingerprint density at radius 1 is 0.431 bits per heavy atom. The van der Waals surface area contributed by atoms with Crippen molar-refractivity contribution in [2.24, 2.45) is 0 Å². The molecule has 242 valence electrons. The number of anilines is 3. The smallest absolute Gasteiger partial charge is 0.0640 e. The van der Waals surface area contributed by atoms with Crippen LogP contribution in [0.3, 0.4) is 0 Å². The molecule has 1 aliphatic carbocycles. The Balaban J connectivity index is 1.21. The molecule has 51 heavy (non-hydrogen) atoms. The molecular weight excluding hydrogens is 635 g/mol. The van der Waals surface area contributed by atoms with Gasteiger partial charge in [-0.2, -0.15) is 0 Å². The predicted octanol–water partition coefficient (Wildman–Crippen LogP) is 14.3. The van der Waals surface area contributed by atoms with Crippen molar-refractivity contribution in [2.45, 2.75) is 19.3 Å². The quantitative estimate of drug-likeness (QED) is 0.176. The fourth-order valence-corrected chi connectivity index (χ4v) is 9.67. The number of nitrogens with zero attached hydrogens (tertiary/aromatic N) is 1. The van der Waals surface area contributed by atoms with Crippen molar-refractivity contribution in [1.82, 2.24) is 0 Å². The topological polar surface area (TPSA) is 3.24 Å². The van der Waals surface area contributed by atoms with E-state index in [0.29, 0.717) is 0 Å². The zero-order chi connectivity index (χ0) is 34.1. The summed E-state index contributed by atoms with van der Waals surface area (Å²) in [6.45, 7) is 4.73. The predicted molar refractivity (Wildman–Crippen MR) is 220 cm³/mol. The normalized spacial score (nSPS) is 13.1. The van der Waals surface area contributed by atoms with Crippen molar-refractivity contribution in [2.75, 3.05) is 4.90 Å². The second-order valence-electron chi connectivity index (χ2n) is 14.1. The lowest BCUT2D eigenvalue weighted by molar-refractivity contribution is 0.660. The van der Waals surface area contributed by atoms with Crippen molar-refractivity contribution in [3.05, 3.63) is 187 Å². The highest BCUT2D eigenvalue weighted by Crippen LogP contribution is 2.55. The maximum Gasteiger partial charge on any atom is 0.0640 e. The van der Waals surface area contributed by atoms with Crippen LogP contribution in [0, 0.1) is 0 Å². The van der Waals surface area contributed by atoms with Crippen LogP contribution in [0.2, 0.25) is 0 Å². The number of hydrogen-bond donors (Lipinski definition) is 0. The maximum absolute atomic E-state index is 2.51. The number of thiophene rings is 1. The summed E-state index contributed by atoms with van der Waals surface area (Å²) >= 11 is 1.91. The average molecular weight is 670 g/mol. The lowest BCUT2D eigenvalue weighted by Crippen LogP contribution is -2.16. The summed E-state index contributed by atoms with van der Waals surface area (Å²) in [6, 6.07) is 64.8. The van der Waals surface area contributed by atoms with Gasteiger partial charge in [0, 0.05) is 32.1 Å². The second kappa shape index (κ2) is 11.6. The maximum atomic E-state index is 2.51. The first-order valence-corrected chi connectivity index (χ1v) is 18.5. The van der Waals surface area contributed by atoms with Gasteiger partial charge in [-0.05, 0) is 80.0 Å². The highest BCUT2D eigenvalue weighted by molar-refractivity contribution is 7.27. The Morgan fingerprint density at radius 3 is 1.90 bits per heavy atom. The molecule has 0 radical (unpaired) electrons. The summed E-state index contributed by atoms with van der Waals surface area (Å²) in [7, 11) is 0. The minimum Gasteiger partial charge on any atom is -0.308 e. The van der Waals surface area contributed by atoms with Gasteiger partial charge < -0.3 is 4.90 Å². The molecule has 8 aromatic carbocycles. The summed E-state index contributed by atoms with van der Waals surface area (Å²) in [5, 5.41) is 5.11. The molecule has 0 atom stereocenters. The van der Waals surface area contributed by atoms with E-state index in [1.165, 1.54) is 86.8 Å². The Bertz CT molecular complexity index is 2770. The van der Waals surface area contributed by atoms with Crippen molar-refractivity contribution in [3.8, 4) is 33.4 Å². The summed E-state index contributed by atoms with van der Waals surface area (Å²) in [6.07, 6.45) is 0. The molecule has 0 fully saturated rings. The van der Waals surface area contributed by atoms with E-state index in [9.17, 15) is 0 Å². The van der Waals surface area contributed by atoms with Gasteiger partial charge in [0.1, 0.15) is 0 Å². The van der Waals surface area contributed by atoms with Gasteiger partial charge in [-0.15, -0.1) is 11.3 Å². The van der Waals surface area contributed by atoms with E-state index < -0.39 is 0 Å². The second-order valence-corrected chi connectivity index (χ2v) is 15.1. The molecule has 0 bridgehead atoms. The minimum atomic E-state index is -0.0955. The van der Waals surface area contributed by atoms with E-state index in [2.05, 4.69) is 195 Å². The summed E-state index contributed by atoms with van der Waals surface area (Å²) in [4.78, 5) is 2.51. The first-order valence-electron chi connectivity index (χ1n) is 17.7. The molecule has 0 saturated carbocycles. The van der Waals surface area contributed by atoms with Gasteiger partial charge in [0.15, 0.2) is 0 Å². The summed E-state index contributed by atoms with van der Waals surface area (Å²) in [5.41, 5.74) is 13.8. The van der Waals surface area contributed by atoms with E-state index >= 15 is 0 Å². The molecule has 1 aromatic heterocycles. The van der Waals surface area contributed by atoms with Crippen molar-refractivity contribution in [3.63, 3.8) is 0 Å². The van der Waals surface area contributed by atoms with Gasteiger partial charge in [-0.3, -0.25) is 0 Å². The van der Waals surface area contributed by atoms with Gasteiger partial charge in [-0.1, -0.05) is 159 Å². The fraction of sp³-hybridized carbons (Fsp3) is 0.0612. The third-order valence-electron chi connectivity index (χ3n) is 10.9. The van der Waals surface area contributed by atoms with Crippen LogP contribution in [0.5, 0.6) is 0 Å². The number of benzene rings is 8. The van der Waals surface area contributed by atoms with Crippen LogP contribution >= 0.6 is 11.3 Å². The van der Waals surface area contributed by atoms with E-state index in [4.69, 9.17) is 0 Å². The largest absolute Gasteiger partial charge is 0.308 e. The summed E-state index contributed by atoms with van der Waals surface area (Å²) < 4.78 is 2.61. The molecule has 9 aromatic rings. The molecule has 1 nitrogen and oxygen atoms in total. The third-order valence-corrected chi connectivity index (χ3v) is 12.1. The first-order chi connectivity index (χ1) is 25.1. The molecular formula is C49H35NS. The Labute approximate surface area is 302 Å². The first kappa shape index (κ1) is 29.9. The van der Waals surface area contributed by atoms with Crippen molar-refractivity contribution >= 4 is 59.3 Å². The van der Waals surface area contributed by atoms with Crippen LogP contribution in [0.15, 0.2) is 176 Å². The fourth-order valence-electron chi connectivity index (χ4n) is 8.33. The average Bonchev–Trinajstić information content (AvgIpc) is 3.69. The SMILES string of the molecule is CC1(C)c2ccccc2-c2c(N(c3ccc(-c4ccc5ccccc5c4)cc3)c3cccc4c3sc3c(-c5ccccc5)cccc34)cccc21. The van der Waals surface area contributed by atoms with E-state index in [0.717, 1.165) is 5.69 Å². The van der Waals surface area contributed by atoms with Gasteiger partial charge >= 0.3 is 0 Å². The van der Waals surface area contributed by atoms with E-state index in [1.807, 2.05) is 11.3 Å². The molecule has 10 rings (SSSR count). The number of rotatable bonds is 5. The molecule has 0 saturated heterocycles. The van der Waals surface area contributed by atoms with Crippen LogP contribution in [0.4, 0.5) is 17.1 Å². The van der Waals surface area contributed by atoms with Gasteiger partial charge in [0.05, 0.1) is 16.1 Å². The molecule has 0 unspecified atom stereocenters. The van der Waals surface area contributed by atoms with Crippen LogP contribution < -0.4 is 4.90 Å². The van der Waals surface area contributed by atoms with Crippen LogP contribution in [0.25, 0.3) is 64.3 Å². The third kappa shape index (κ3) is 4.67. The molecule has 0 N–H and O–H groups in total. The molecule has 0 spiro atoms. The zero-order valence-corrected chi connectivity index (χ0v) is 29.4. The Hall–Kier alpha value is -5.96. The van der Waals surface area contributed by atoms with Crippen LogP contribution in [0.1, 0.15) is 25.0 Å². The number of hydrogen-bond acceptors (Lipinski definition) is 2. The number of fused-ring (bicyclic) bond motifs is 7.